The minimum absolute atomic E-state index is 0.336. The smallest absolute Gasteiger partial charge is 0.272 e. The van der Waals surface area contributed by atoms with Crippen molar-refractivity contribution in [2.45, 2.75) is 27.7 Å². The van der Waals surface area contributed by atoms with Crippen LogP contribution in [0, 0.1) is 39.0 Å². The molecule has 3 aromatic rings. The first-order valence-corrected chi connectivity index (χ1v) is 8.37. The first-order valence-electron chi connectivity index (χ1n) is 8.37. The van der Waals surface area contributed by atoms with Crippen LogP contribution >= 0.6 is 0 Å². The quantitative estimate of drug-likeness (QED) is 0.569. The predicted octanol–water partition coefficient (Wildman–Crippen LogP) is 3.33. The lowest BCUT2D eigenvalue weighted by Gasteiger charge is -2.06. The zero-order valence-electron chi connectivity index (χ0n) is 15.6. The number of amides is 1. The molecule has 3 aromatic heterocycles. The van der Waals surface area contributed by atoms with Gasteiger partial charge in [-0.05, 0) is 45.9 Å². The van der Waals surface area contributed by atoms with Gasteiger partial charge in [-0.3, -0.25) is 14.3 Å². The van der Waals surface area contributed by atoms with Gasteiger partial charge >= 0.3 is 0 Å². The standard InChI is InChI=1S/C20H19N5O2/c1-12-8-17(11-23-24-19(26)16-6-5-7-22-10-16)14(3)25(12)20-18(9-21)13(2)15(4)27-20/h5-8,10-11H,1-4H3,(H,24,26)/b23-11-. The number of hydrogen-bond acceptors (Lipinski definition) is 5. The Kier molecular flexibility index (Phi) is 4.90. The van der Waals surface area contributed by atoms with Gasteiger partial charge in [-0.25, -0.2) is 5.43 Å². The summed E-state index contributed by atoms with van der Waals surface area (Å²) in [4.78, 5) is 15.9. The van der Waals surface area contributed by atoms with E-state index in [9.17, 15) is 10.1 Å². The number of pyridine rings is 1. The van der Waals surface area contributed by atoms with Gasteiger partial charge < -0.3 is 4.42 Å². The molecule has 0 saturated heterocycles. The molecule has 136 valence electrons. The van der Waals surface area contributed by atoms with Crippen molar-refractivity contribution in [3.05, 3.63) is 70.0 Å². The van der Waals surface area contributed by atoms with Crippen LogP contribution in [0.2, 0.25) is 0 Å². The van der Waals surface area contributed by atoms with Crippen molar-refractivity contribution < 1.29 is 9.21 Å². The van der Waals surface area contributed by atoms with Gasteiger partial charge in [0.1, 0.15) is 17.4 Å². The van der Waals surface area contributed by atoms with Crippen molar-refractivity contribution in [2.75, 3.05) is 0 Å². The molecule has 3 heterocycles. The molecule has 27 heavy (non-hydrogen) atoms. The number of aryl methyl sites for hydroxylation is 2. The molecule has 0 aliphatic carbocycles. The maximum atomic E-state index is 12.0. The number of nitrogens with zero attached hydrogens (tertiary/aromatic N) is 4. The summed E-state index contributed by atoms with van der Waals surface area (Å²) < 4.78 is 7.69. The normalized spacial score (nSPS) is 10.9. The van der Waals surface area contributed by atoms with Crippen molar-refractivity contribution in [2.24, 2.45) is 5.10 Å². The highest BCUT2D eigenvalue weighted by atomic mass is 16.4. The SMILES string of the molecule is Cc1oc(-n2c(C)cc(/C=N\NC(=O)c3cccnc3)c2C)c(C#N)c1C. The van der Waals surface area contributed by atoms with Gasteiger partial charge in [0.05, 0.1) is 11.8 Å². The van der Waals surface area contributed by atoms with Crippen LogP contribution in [0.5, 0.6) is 0 Å². The number of furan rings is 1. The molecule has 0 spiro atoms. The number of carbonyl (C=O) groups excluding carboxylic acids is 1. The molecule has 0 aromatic carbocycles. The summed E-state index contributed by atoms with van der Waals surface area (Å²) in [6.07, 6.45) is 4.64. The molecule has 0 aliphatic rings. The molecule has 1 N–H and O–H groups in total. The topological polar surface area (TPSA) is 96.2 Å². The Balaban J connectivity index is 1.88. The van der Waals surface area contributed by atoms with Gasteiger partial charge in [-0.15, -0.1) is 0 Å². The maximum absolute atomic E-state index is 12.0. The Bertz CT molecular complexity index is 1070. The van der Waals surface area contributed by atoms with Gasteiger partial charge in [0.25, 0.3) is 5.91 Å². The predicted molar refractivity (Wildman–Crippen MR) is 101 cm³/mol. The second-order valence-corrected chi connectivity index (χ2v) is 6.18. The fourth-order valence-corrected chi connectivity index (χ4v) is 2.85. The summed E-state index contributed by atoms with van der Waals surface area (Å²) in [6, 6.07) is 7.48. The Hall–Kier alpha value is -3.66. The van der Waals surface area contributed by atoms with Gasteiger partial charge in [-0.2, -0.15) is 10.4 Å². The summed E-state index contributed by atoms with van der Waals surface area (Å²) in [6.45, 7) is 7.54. The average Bonchev–Trinajstić information content (AvgIpc) is 3.10. The fraction of sp³-hybridized carbons (Fsp3) is 0.200. The van der Waals surface area contributed by atoms with E-state index in [2.05, 4.69) is 21.6 Å². The summed E-state index contributed by atoms with van der Waals surface area (Å²) in [5, 5.41) is 13.5. The number of nitriles is 1. The molecule has 1 amide bonds. The number of hydrogen-bond donors (Lipinski definition) is 1. The highest BCUT2D eigenvalue weighted by molar-refractivity contribution is 5.94. The Morgan fingerprint density at radius 2 is 2.15 bits per heavy atom. The van der Waals surface area contributed by atoms with Crippen LogP contribution in [-0.4, -0.2) is 21.7 Å². The van der Waals surface area contributed by atoms with E-state index >= 15 is 0 Å². The van der Waals surface area contributed by atoms with Crippen molar-refractivity contribution in [1.29, 1.82) is 5.26 Å². The second-order valence-electron chi connectivity index (χ2n) is 6.18. The molecule has 0 unspecified atom stereocenters. The summed E-state index contributed by atoms with van der Waals surface area (Å²) in [5.41, 5.74) is 6.84. The molecule has 7 heteroatoms. The molecular formula is C20H19N5O2. The Labute approximate surface area is 157 Å². The lowest BCUT2D eigenvalue weighted by molar-refractivity contribution is 0.0954. The van der Waals surface area contributed by atoms with E-state index in [1.54, 1.807) is 24.5 Å². The largest absolute Gasteiger partial charge is 0.443 e. The molecule has 0 atom stereocenters. The molecule has 3 rings (SSSR count). The van der Waals surface area contributed by atoms with Crippen molar-refractivity contribution in [3.8, 4) is 12.0 Å². The number of rotatable bonds is 4. The van der Waals surface area contributed by atoms with E-state index in [4.69, 9.17) is 4.42 Å². The Morgan fingerprint density at radius 1 is 1.37 bits per heavy atom. The van der Waals surface area contributed by atoms with Crippen LogP contribution in [0.3, 0.4) is 0 Å². The van der Waals surface area contributed by atoms with E-state index in [1.165, 1.54) is 6.20 Å². The fourth-order valence-electron chi connectivity index (χ4n) is 2.85. The van der Waals surface area contributed by atoms with Crippen LogP contribution in [0.15, 0.2) is 40.1 Å². The van der Waals surface area contributed by atoms with E-state index in [1.807, 2.05) is 38.3 Å². The van der Waals surface area contributed by atoms with Crippen molar-refractivity contribution in [3.63, 3.8) is 0 Å². The third kappa shape index (κ3) is 3.37. The van der Waals surface area contributed by atoms with Gasteiger partial charge in [-0.1, -0.05) is 0 Å². The molecular weight excluding hydrogens is 342 g/mol. The monoisotopic (exact) mass is 361 g/mol. The van der Waals surface area contributed by atoms with Crippen molar-refractivity contribution >= 4 is 12.1 Å². The summed E-state index contributed by atoms with van der Waals surface area (Å²) >= 11 is 0. The van der Waals surface area contributed by atoms with Gasteiger partial charge in [0, 0.05) is 34.9 Å². The molecule has 0 aliphatic heterocycles. The first kappa shape index (κ1) is 18.1. The minimum Gasteiger partial charge on any atom is -0.443 e. The van der Waals surface area contributed by atoms with Crippen molar-refractivity contribution in [1.82, 2.24) is 15.0 Å². The Morgan fingerprint density at radius 3 is 2.81 bits per heavy atom. The summed E-state index contributed by atoms with van der Waals surface area (Å²) in [7, 11) is 0. The first-order chi connectivity index (χ1) is 12.9. The van der Waals surface area contributed by atoms with E-state index in [0.717, 1.165) is 22.5 Å². The third-order valence-electron chi connectivity index (χ3n) is 4.45. The number of carbonyl (C=O) groups is 1. The zero-order valence-corrected chi connectivity index (χ0v) is 15.6. The van der Waals surface area contributed by atoms with Gasteiger partial charge in [0.15, 0.2) is 0 Å². The maximum Gasteiger partial charge on any atom is 0.272 e. The number of nitrogens with one attached hydrogen (secondary N) is 1. The lowest BCUT2D eigenvalue weighted by atomic mass is 10.2. The molecule has 0 bridgehead atoms. The molecule has 0 saturated carbocycles. The van der Waals surface area contributed by atoms with E-state index in [-0.39, 0.29) is 5.91 Å². The lowest BCUT2D eigenvalue weighted by Crippen LogP contribution is -2.17. The van der Waals surface area contributed by atoms with Crippen LogP contribution < -0.4 is 5.43 Å². The number of aromatic nitrogens is 2. The van der Waals surface area contributed by atoms with Crippen LogP contribution in [0.25, 0.3) is 5.88 Å². The average molecular weight is 361 g/mol. The molecule has 0 fully saturated rings. The third-order valence-corrected chi connectivity index (χ3v) is 4.45. The van der Waals surface area contributed by atoms with Crippen LogP contribution in [-0.2, 0) is 0 Å². The van der Waals surface area contributed by atoms with E-state index < -0.39 is 0 Å². The highest BCUT2D eigenvalue weighted by Gasteiger charge is 2.20. The van der Waals surface area contributed by atoms with Crippen LogP contribution in [0.1, 0.15) is 44.2 Å². The van der Waals surface area contributed by atoms with Crippen LogP contribution in [0.4, 0.5) is 0 Å². The number of hydrazone groups is 1. The minimum atomic E-state index is -0.336. The summed E-state index contributed by atoms with van der Waals surface area (Å²) in [5.74, 6) is 0.881. The highest BCUT2D eigenvalue weighted by Crippen LogP contribution is 2.28. The van der Waals surface area contributed by atoms with E-state index in [0.29, 0.717) is 22.8 Å². The second kappa shape index (κ2) is 7.30. The molecule has 7 nitrogen and oxygen atoms in total. The van der Waals surface area contributed by atoms with Gasteiger partial charge in [0.2, 0.25) is 5.88 Å². The molecule has 0 radical (unpaired) electrons. The zero-order chi connectivity index (χ0) is 19.6.